The Labute approximate surface area is 124 Å². The van der Waals surface area contributed by atoms with Crippen LogP contribution in [0.2, 0.25) is 5.02 Å². The largest absolute Gasteiger partial charge is 0.478 e. The van der Waals surface area contributed by atoms with E-state index in [0.29, 0.717) is 21.7 Å². The second-order valence-corrected chi connectivity index (χ2v) is 4.71. The summed E-state index contributed by atoms with van der Waals surface area (Å²) >= 11 is 5.83. The zero-order valence-electron chi connectivity index (χ0n) is 10.7. The molecule has 0 saturated heterocycles. The van der Waals surface area contributed by atoms with Crippen LogP contribution in [0.25, 0.3) is 10.9 Å². The third-order valence-corrected chi connectivity index (χ3v) is 3.03. The Morgan fingerprint density at radius 1 is 1.19 bits per heavy atom. The number of carbonyl (C=O) groups is 1. The second-order valence-electron chi connectivity index (χ2n) is 4.27. The van der Waals surface area contributed by atoms with Gasteiger partial charge in [0.05, 0.1) is 22.3 Å². The molecule has 2 aromatic heterocycles. The Balaban J connectivity index is 2.09. The number of para-hydroxylation sites is 1. The normalized spacial score (nSPS) is 10.5. The first-order valence-electron chi connectivity index (χ1n) is 6.05. The van der Waals surface area contributed by atoms with Gasteiger partial charge in [-0.05, 0) is 6.07 Å². The zero-order chi connectivity index (χ0) is 14.8. The number of hydrogen-bond acceptors (Lipinski definition) is 4. The van der Waals surface area contributed by atoms with E-state index in [4.69, 9.17) is 16.3 Å². The summed E-state index contributed by atoms with van der Waals surface area (Å²) in [6.45, 7) is 0. The molecule has 2 heterocycles. The van der Waals surface area contributed by atoms with Crippen molar-refractivity contribution in [1.82, 2.24) is 9.97 Å². The lowest BCUT2D eigenvalue weighted by atomic mass is 10.1. The SMILES string of the molecule is O=C(O)c1cc(Oc2cncc(Cl)c2)nc2ccccc12. The summed E-state index contributed by atoms with van der Waals surface area (Å²) in [5.74, 6) is -0.473. The summed E-state index contributed by atoms with van der Waals surface area (Å²) in [6, 6.07) is 9.93. The number of benzene rings is 1. The Morgan fingerprint density at radius 2 is 2.00 bits per heavy atom. The highest BCUT2D eigenvalue weighted by Gasteiger charge is 2.12. The van der Waals surface area contributed by atoms with Crippen LogP contribution >= 0.6 is 11.6 Å². The molecule has 0 aliphatic carbocycles. The Morgan fingerprint density at radius 3 is 2.76 bits per heavy atom. The molecule has 3 aromatic rings. The molecule has 5 nitrogen and oxygen atoms in total. The smallest absolute Gasteiger partial charge is 0.336 e. The number of carboxylic acid groups (broad SMARTS) is 1. The van der Waals surface area contributed by atoms with Crippen molar-refractivity contribution < 1.29 is 14.6 Å². The maximum atomic E-state index is 11.4. The van der Waals surface area contributed by atoms with Gasteiger partial charge in [0.2, 0.25) is 5.88 Å². The average molecular weight is 301 g/mol. The predicted molar refractivity (Wildman–Crippen MR) is 78.0 cm³/mol. The van der Waals surface area contributed by atoms with E-state index in [9.17, 15) is 9.90 Å². The van der Waals surface area contributed by atoms with Gasteiger partial charge in [-0.2, -0.15) is 0 Å². The minimum absolute atomic E-state index is 0.130. The molecule has 3 rings (SSSR count). The van der Waals surface area contributed by atoms with Crippen LogP contribution in [-0.2, 0) is 0 Å². The van der Waals surface area contributed by atoms with Gasteiger partial charge >= 0.3 is 5.97 Å². The maximum Gasteiger partial charge on any atom is 0.336 e. The molecule has 21 heavy (non-hydrogen) atoms. The Hall–Kier alpha value is -2.66. The highest BCUT2D eigenvalue weighted by molar-refractivity contribution is 6.30. The van der Waals surface area contributed by atoms with Crippen molar-refractivity contribution >= 4 is 28.5 Å². The first kappa shape index (κ1) is 13.3. The molecule has 0 bridgehead atoms. The van der Waals surface area contributed by atoms with Crippen LogP contribution in [0, 0.1) is 0 Å². The van der Waals surface area contributed by atoms with E-state index in [1.807, 2.05) is 0 Å². The van der Waals surface area contributed by atoms with Crippen molar-refractivity contribution in [2.45, 2.75) is 0 Å². The number of aromatic carboxylic acids is 1. The molecule has 0 aliphatic rings. The van der Waals surface area contributed by atoms with Gasteiger partial charge in [-0.25, -0.2) is 9.78 Å². The summed E-state index contributed by atoms with van der Waals surface area (Å²) in [5, 5.41) is 10.3. The quantitative estimate of drug-likeness (QED) is 0.797. The highest BCUT2D eigenvalue weighted by atomic mass is 35.5. The van der Waals surface area contributed by atoms with Gasteiger partial charge in [-0.15, -0.1) is 0 Å². The number of nitrogens with zero attached hydrogens (tertiary/aromatic N) is 2. The lowest BCUT2D eigenvalue weighted by Crippen LogP contribution is -2.00. The molecule has 0 spiro atoms. The molecular weight excluding hydrogens is 292 g/mol. The van der Waals surface area contributed by atoms with Crippen LogP contribution in [0.1, 0.15) is 10.4 Å². The molecule has 0 saturated carbocycles. The van der Waals surface area contributed by atoms with Crippen molar-refractivity contribution in [3.8, 4) is 11.6 Å². The fourth-order valence-corrected chi connectivity index (χ4v) is 2.11. The molecule has 0 amide bonds. The Bertz CT molecular complexity index is 836. The van der Waals surface area contributed by atoms with E-state index in [0.717, 1.165) is 0 Å². The van der Waals surface area contributed by atoms with Gasteiger partial charge in [0.15, 0.2) is 0 Å². The van der Waals surface area contributed by atoms with Gasteiger partial charge in [0.25, 0.3) is 0 Å². The fourth-order valence-electron chi connectivity index (χ4n) is 1.95. The van der Waals surface area contributed by atoms with E-state index >= 15 is 0 Å². The molecule has 1 N–H and O–H groups in total. The summed E-state index contributed by atoms with van der Waals surface area (Å²) in [7, 11) is 0. The summed E-state index contributed by atoms with van der Waals surface area (Å²) in [6.07, 6.45) is 2.95. The summed E-state index contributed by atoms with van der Waals surface area (Å²) < 4.78 is 5.54. The highest BCUT2D eigenvalue weighted by Crippen LogP contribution is 2.26. The molecule has 0 fully saturated rings. The molecular formula is C15H9ClN2O3. The number of hydrogen-bond donors (Lipinski definition) is 1. The monoisotopic (exact) mass is 300 g/mol. The summed E-state index contributed by atoms with van der Waals surface area (Å²) in [4.78, 5) is 19.5. The maximum absolute atomic E-state index is 11.4. The van der Waals surface area contributed by atoms with Gasteiger partial charge < -0.3 is 9.84 Å². The number of carboxylic acids is 1. The number of rotatable bonds is 3. The number of halogens is 1. The minimum atomic E-state index is -1.04. The van der Waals surface area contributed by atoms with Gasteiger partial charge in [0, 0.05) is 23.7 Å². The predicted octanol–water partition coefficient (Wildman–Crippen LogP) is 3.77. The third-order valence-electron chi connectivity index (χ3n) is 2.83. The van der Waals surface area contributed by atoms with Crippen molar-refractivity contribution in [1.29, 1.82) is 0 Å². The van der Waals surface area contributed by atoms with Crippen LogP contribution in [0.3, 0.4) is 0 Å². The molecule has 6 heteroatoms. The molecule has 1 aromatic carbocycles. The second kappa shape index (κ2) is 5.38. The van der Waals surface area contributed by atoms with Crippen LogP contribution in [0.15, 0.2) is 48.8 Å². The van der Waals surface area contributed by atoms with E-state index in [2.05, 4.69) is 9.97 Å². The summed E-state index contributed by atoms with van der Waals surface area (Å²) in [5.41, 5.74) is 0.674. The molecule has 104 valence electrons. The number of pyridine rings is 2. The third kappa shape index (κ3) is 2.78. The van der Waals surface area contributed by atoms with E-state index in [-0.39, 0.29) is 11.4 Å². The topological polar surface area (TPSA) is 72.3 Å². The van der Waals surface area contributed by atoms with E-state index in [1.54, 1.807) is 30.3 Å². The van der Waals surface area contributed by atoms with Crippen molar-refractivity contribution in [3.63, 3.8) is 0 Å². The fraction of sp³-hybridized carbons (Fsp3) is 0. The average Bonchev–Trinajstić information content (AvgIpc) is 2.46. The van der Waals surface area contributed by atoms with Crippen molar-refractivity contribution in [3.05, 3.63) is 59.4 Å². The van der Waals surface area contributed by atoms with E-state index in [1.165, 1.54) is 18.5 Å². The zero-order valence-corrected chi connectivity index (χ0v) is 11.4. The van der Waals surface area contributed by atoms with Crippen LogP contribution < -0.4 is 4.74 Å². The molecule has 0 atom stereocenters. The Kier molecular flexibility index (Phi) is 3.41. The van der Waals surface area contributed by atoms with Gasteiger partial charge in [-0.1, -0.05) is 29.8 Å². The standard InChI is InChI=1S/C15H9ClN2O3/c16-9-5-10(8-17-7-9)21-14-6-12(15(19)20)11-3-1-2-4-13(11)18-14/h1-8H,(H,19,20). The van der Waals surface area contributed by atoms with Crippen LogP contribution in [-0.4, -0.2) is 21.0 Å². The first-order chi connectivity index (χ1) is 10.1. The van der Waals surface area contributed by atoms with Crippen LogP contribution in [0.5, 0.6) is 11.6 Å². The van der Waals surface area contributed by atoms with E-state index < -0.39 is 5.97 Å². The molecule has 0 unspecified atom stereocenters. The lowest BCUT2D eigenvalue weighted by Gasteiger charge is -2.08. The lowest BCUT2D eigenvalue weighted by molar-refractivity contribution is 0.0698. The first-order valence-corrected chi connectivity index (χ1v) is 6.43. The van der Waals surface area contributed by atoms with Gasteiger partial charge in [-0.3, -0.25) is 4.98 Å². The number of fused-ring (bicyclic) bond motifs is 1. The molecule has 0 radical (unpaired) electrons. The van der Waals surface area contributed by atoms with Crippen LogP contribution in [0.4, 0.5) is 0 Å². The molecule has 0 aliphatic heterocycles. The van der Waals surface area contributed by atoms with Crippen molar-refractivity contribution in [2.75, 3.05) is 0 Å². The number of ether oxygens (including phenoxy) is 1. The minimum Gasteiger partial charge on any atom is -0.478 e. The van der Waals surface area contributed by atoms with Crippen molar-refractivity contribution in [2.24, 2.45) is 0 Å². The van der Waals surface area contributed by atoms with Gasteiger partial charge in [0.1, 0.15) is 5.75 Å². The number of aromatic nitrogens is 2.